The molecular formula is C14H27N3O3S. The lowest BCUT2D eigenvalue weighted by molar-refractivity contribution is -0.121. The van der Waals surface area contributed by atoms with Crippen LogP contribution in [0.4, 0.5) is 0 Å². The smallest absolute Gasteiger partial charge is 0.220 e. The first-order valence-corrected chi connectivity index (χ1v) is 9.77. The highest BCUT2D eigenvalue weighted by atomic mass is 32.2. The molecule has 0 aromatic heterocycles. The average Bonchev–Trinajstić information content (AvgIpc) is 2.48. The normalized spacial score (nSPS) is 23.8. The Morgan fingerprint density at radius 1 is 1.19 bits per heavy atom. The van der Waals surface area contributed by atoms with Crippen LogP contribution in [0.15, 0.2) is 0 Å². The highest BCUT2D eigenvalue weighted by Crippen LogP contribution is 2.17. The van der Waals surface area contributed by atoms with Crippen molar-refractivity contribution >= 4 is 15.7 Å². The van der Waals surface area contributed by atoms with Gasteiger partial charge < -0.3 is 10.6 Å². The zero-order chi connectivity index (χ0) is 15.1. The predicted molar refractivity (Wildman–Crippen MR) is 82.9 cm³/mol. The summed E-state index contributed by atoms with van der Waals surface area (Å²) < 4.78 is 22.6. The summed E-state index contributed by atoms with van der Waals surface area (Å²) in [5.74, 6) is 1.30. The number of carbonyl (C=O) groups is 1. The van der Waals surface area contributed by atoms with E-state index in [2.05, 4.69) is 15.5 Å². The quantitative estimate of drug-likeness (QED) is 0.698. The number of carbonyl (C=O) groups excluding carboxylic acids is 1. The molecule has 2 rings (SSSR count). The Labute approximate surface area is 127 Å². The van der Waals surface area contributed by atoms with E-state index in [1.165, 1.54) is 12.8 Å². The molecule has 122 valence electrons. The maximum atomic E-state index is 11.8. The predicted octanol–water partition coefficient (Wildman–Crippen LogP) is -0.387. The van der Waals surface area contributed by atoms with E-state index >= 15 is 0 Å². The van der Waals surface area contributed by atoms with Crippen molar-refractivity contribution in [3.05, 3.63) is 0 Å². The van der Waals surface area contributed by atoms with E-state index in [-0.39, 0.29) is 17.4 Å². The number of sulfone groups is 1. The zero-order valence-corrected chi connectivity index (χ0v) is 13.5. The maximum absolute atomic E-state index is 11.8. The van der Waals surface area contributed by atoms with Crippen molar-refractivity contribution in [1.82, 2.24) is 15.5 Å². The van der Waals surface area contributed by atoms with Gasteiger partial charge in [-0.05, 0) is 38.3 Å². The van der Waals surface area contributed by atoms with Crippen LogP contribution in [0.5, 0.6) is 0 Å². The molecule has 7 heteroatoms. The fourth-order valence-corrected chi connectivity index (χ4v) is 4.20. The van der Waals surface area contributed by atoms with E-state index in [1.807, 2.05) is 0 Å². The molecule has 1 amide bonds. The van der Waals surface area contributed by atoms with Crippen LogP contribution in [-0.2, 0) is 14.6 Å². The minimum absolute atomic E-state index is 0.123. The summed E-state index contributed by atoms with van der Waals surface area (Å²) in [5, 5.41) is 6.27. The molecule has 6 nitrogen and oxygen atoms in total. The van der Waals surface area contributed by atoms with Gasteiger partial charge in [0, 0.05) is 32.6 Å². The molecule has 2 aliphatic heterocycles. The summed E-state index contributed by atoms with van der Waals surface area (Å²) in [6, 6.07) is 0. The highest BCUT2D eigenvalue weighted by molar-refractivity contribution is 7.91. The standard InChI is InChI=1S/C14H27N3O3S/c18-14(2-1-13-3-5-15-6-4-13)16-7-8-17-9-11-21(19,20)12-10-17/h13,15H,1-12H2,(H,16,18). The van der Waals surface area contributed by atoms with Crippen molar-refractivity contribution in [3.8, 4) is 0 Å². The van der Waals surface area contributed by atoms with E-state index in [0.717, 1.165) is 26.1 Å². The Morgan fingerprint density at radius 2 is 1.86 bits per heavy atom. The van der Waals surface area contributed by atoms with Gasteiger partial charge in [0.15, 0.2) is 9.84 Å². The summed E-state index contributed by atoms with van der Waals surface area (Å²) in [6.45, 7) is 4.69. The molecule has 0 aromatic rings. The van der Waals surface area contributed by atoms with Crippen molar-refractivity contribution in [2.75, 3.05) is 50.8 Å². The van der Waals surface area contributed by atoms with E-state index in [9.17, 15) is 13.2 Å². The van der Waals surface area contributed by atoms with Crippen molar-refractivity contribution in [2.45, 2.75) is 25.7 Å². The summed E-state index contributed by atoms with van der Waals surface area (Å²) in [7, 11) is -2.81. The van der Waals surface area contributed by atoms with E-state index in [4.69, 9.17) is 0 Å². The van der Waals surface area contributed by atoms with Gasteiger partial charge in [0.2, 0.25) is 5.91 Å². The molecule has 0 radical (unpaired) electrons. The molecule has 0 atom stereocenters. The lowest BCUT2D eigenvalue weighted by Gasteiger charge is -2.26. The minimum atomic E-state index is -2.81. The van der Waals surface area contributed by atoms with Gasteiger partial charge in [-0.25, -0.2) is 8.42 Å². The number of rotatable bonds is 6. The molecule has 2 aliphatic rings. The topological polar surface area (TPSA) is 78.5 Å². The van der Waals surface area contributed by atoms with Crippen LogP contribution >= 0.6 is 0 Å². The second-order valence-electron chi connectivity index (χ2n) is 6.08. The summed E-state index contributed by atoms with van der Waals surface area (Å²) in [6.07, 6.45) is 3.94. The van der Waals surface area contributed by atoms with E-state index in [1.54, 1.807) is 0 Å². The van der Waals surface area contributed by atoms with Crippen LogP contribution in [0.25, 0.3) is 0 Å². The molecule has 2 fully saturated rings. The second-order valence-corrected chi connectivity index (χ2v) is 8.38. The summed E-state index contributed by atoms with van der Waals surface area (Å²) >= 11 is 0. The first kappa shape index (κ1) is 16.7. The average molecular weight is 317 g/mol. The van der Waals surface area contributed by atoms with Gasteiger partial charge in [-0.15, -0.1) is 0 Å². The van der Waals surface area contributed by atoms with Crippen molar-refractivity contribution in [1.29, 1.82) is 0 Å². The molecule has 0 aromatic carbocycles. The van der Waals surface area contributed by atoms with Gasteiger partial charge in [-0.1, -0.05) is 0 Å². The third-order valence-corrected chi connectivity index (χ3v) is 6.03. The molecule has 0 saturated carbocycles. The minimum Gasteiger partial charge on any atom is -0.355 e. The van der Waals surface area contributed by atoms with Gasteiger partial charge in [0.05, 0.1) is 11.5 Å². The number of nitrogens with one attached hydrogen (secondary N) is 2. The Kier molecular flexibility index (Phi) is 6.44. The fourth-order valence-electron chi connectivity index (χ4n) is 2.92. The van der Waals surface area contributed by atoms with Crippen molar-refractivity contribution < 1.29 is 13.2 Å². The summed E-state index contributed by atoms with van der Waals surface area (Å²) in [5.41, 5.74) is 0. The van der Waals surface area contributed by atoms with E-state index < -0.39 is 9.84 Å². The van der Waals surface area contributed by atoms with Crippen molar-refractivity contribution in [2.24, 2.45) is 5.92 Å². The zero-order valence-electron chi connectivity index (χ0n) is 12.6. The first-order chi connectivity index (χ1) is 10.1. The number of nitrogens with zero attached hydrogens (tertiary/aromatic N) is 1. The molecule has 21 heavy (non-hydrogen) atoms. The maximum Gasteiger partial charge on any atom is 0.220 e. The summed E-state index contributed by atoms with van der Waals surface area (Å²) in [4.78, 5) is 13.9. The largest absolute Gasteiger partial charge is 0.355 e. The SMILES string of the molecule is O=C(CCC1CCNCC1)NCCN1CCS(=O)(=O)CC1. The monoisotopic (exact) mass is 317 g/mol. The third kappa shape index (κ3) is 6.32. The lowest BCUT2D eigenvalue weighted by Crippen LogP contribution is -2.43. The number of hydrogen-bond acceptors (Lipinski definition) is 5. The Balaban J connectivity index is 1.53. The van der Waals surface area contributed by atoms with Gasteiger partial charge >= 0.3 is 0 Å². The first-order valence-electron chi connectivity index (χ1n) is 7.95. The number of piperidine rings is 1. The van der Waals surface area contributed by atoms with Gasteiger partial charge in [0.1, 0.15) is 0 Å². The third-order valence-electron chi connectivity index (χ3n) is 4.43. The van der Waals surface area contributed by atoms with Crippen LogP contribution in [0.3, 0.4) is 0 Å². The van der Waals surface area contributed by atoms with Gasteiger partial charge in [-0.2, -0.15) is 0 Å². The fraction of sp³-hybridized carbons (Fsp3) is 0.929. The van der Waals surface area contributed by atoms with Crippen LogP contribution in [0, 0.1) is 5.92 Å². The molecule has 2 N–H and O–H groups in total. The molecule has 0 aliphatic carbocycles. The van der Waals surface area contributed by atoms with Crippen LogP contribution < -0.4 is 10.6 Å². The lowest BCUT2D eigenvalue weighted by atomic mass is 9.93. The van der Waals surface area contributed by atoms with Crippen LogP contribution in [-0.4, -0.2) is 70.0 Å². The second kappa shape index (κ2) is 8.10. The molecule has 0 unspecified atom stereocenters. The molecular weight excluding hydrogens is 290 g/mol. The molecule has 2 saturated heterocycles. The Hall–Kier alpha value is -0.660. The Morgan fingerprint density at radius 3 is 2.52 bits per heavy atom. The molecule has 0 spiro atoms. The molecule has 0 bridgehead atoms. The number of amides is 1. The number of hydrogen-bond donors (Lipinski definition) is 2. The van der Waals surface area contributed by atoms with Crippen molar-refractivity contribution in [3.63, 3.8) is 0 Å². The van der Waals surface area contributed by atoms with Crippen LogP contribution in [0.2, 0.25) is 0 Å². The van der Waals surface area contributed by atoms with Gasteiger partial charge in [0.25, 0.3) is 0 Å². The van der Waals surface area contributed by atoms with Gasteiger partial charge in [-0.3, -0.25) is 9.69 Å². The molecule has 2 heterocycles. The Bertz CT molecular complexity index is 419. The highest BCUT2D eigenvalue weighted by Gasteiger charge is 2.21. The van der Waals surface area contributed by atoms with E-state index in [0.29, 0.717) is 32.0 Å². The van der Waals surface area contributed by atoms with Crippen LogP contribution in [0.1, 0.15) is 25.7 Å².